The average molecular weight is 264 g/mol. The van der Waals surface area contributed by atoms with Crippen molar-refractivity contribution in [1.82, 2.24) is 4.90 Å². The summed E-state index contributed by atoms with van der Waals surface area (Å²) in [5.41, 5.74) is 5.71. The van der Waals surface area contributed by atoms with Crippen molar-refractivity contribution < 1.29 is 4.79 Å². The molecule has 0 aliphatic carbocycles. The van der Waals surface area contributed by atoms with E-state index in [0.29, 0.717) is 5.57 Å². The van der Waals surface area contributed by atoms with Gasteiger partial charge >= 0.3 is 0 Å². The molecule has 0 radical (unpaired) electrons. The number of nitrogens with zero attached hydrogens (tertiary/aromatic N) is 1. The van der Waals surface area contributed by atoms with Crippen LogP contribution < -0.4 is 5.73 Å². The van der Waals surface area contributed by atoms with E-state index in [4.69, 9.17) is 5.73 Å². The fraction of sp³-hybridized carbons (Fsp3) is 0.286. The summed E-state index contributed by atoms with van der Waals surface area (Å²) in [6.07, 6.45) is 3.61. The lowest BCUT2D eigenvalue weighted by Gasteiger charge is -2.20. The van der Waals surface area contributed by atoms with E-state index < -0.39 is 0 Å². The molecule has 0 aromatic heterocycles. The second-order valence-electron chi connectivity index (χ2n) is 2.37. The Morgan fingerprint density at radius 2 is 2.45 bits per heavy atom. The van der Waals surface area contributed by atoms with Crippen molar-refractivity contribution in [3.05, 3.63) is 21.4 Å². The van der Waals surface area contributed by atoms with Gasteiger partial charge in [-0.25, -0.2) is 0 Å². The first-order chi connectivity index (χ1) is 5.11. The van der Waals surface area contributed by atoms with Gasteiger partial charge in [-0.3, -0.25) is 4.79 Å². The van der Waals surface area contributed by atoms with E-state index in [1.54, 1.807) is 6.08 Å². The minimum atomic E-state index is -0.354. The molecule has 1 heterocycles. The lowest BCUT2D eigenvalue weighted by atomic mass is 10.2. The van der Waals surface area contributed by atoms with Crippen LogP contribution in [0.25, 0.3) is 0 Å². The Morgan fingerprint density at radius 1 is 1.82 bits per heavy atom. The Hall–Kier alpha value is -0.520. The number of carbonyl (C=O) groups is 1. The molecule has 0 saturated heterocycles. The molecule has 1 amide bonds. The molecular weight excluding hydrogens is 255 g/mol. The molecule has 1 aliphatic heterocycles. The lowest BCUT2D eigenvalue weighted by Crippen LogP contribution is -2.22. The van der Waals surface area contributed by atoms with Crippen molar-refractivity contribution in [2.75, 3.05) is 13.6 Å². The van der Waals surface area contributed by atoms with E-state index in [-0.39, 0.29) is 5.91 Å². The Morgan fingerprint density at radius 3 is 2.91 bits per heavy atom. The van der Waals surface area contributed by atoms with Crippen LogP contribution in [-0.2, 0) is 4.79 Å². The summed E-state index contributed by atoms with van der Waals surface area (Å²) >= 11 is 2.17. The van der Waals surface area contributed by atoms with E-state index in [1.807, 2.05) is 18.0 Å². The van der Waals surface area contributed by atoms with Crippen molar-refractivity contribution in [2.24, 2.45) is 5.73 Å². The van der Waals surface area contributed by atoms with Crippen molar-refractivity contribution in [3.8, 4) is 0 Å². The monoisotopic (exact) mass is 264 g/mol. The van der Waals surface area contributed by atoms with Crippen molar-refractivity contribution >= 4 is 28.5 Å². The Balaban J connectivity index is 2.83. The Kier molecular flexibility index (Phi) is 2.53. The highest BCUT2D eigenvalue weighted by molar-refractivity contribution is 14.1. The third kappa shape index (κ3) is 1.95. The van der Waals surface area contributed by atoms with Gasteiger partial charge in [0.1, 0.15) is 0 Å². The highest BCUT2D eigenvalue weighted by Gasteiger charge is 2.10. The van der Waals surface area contributed by atoms with Crippen LogP contribution in [0, 0.1) is 0 Å². The van der Waals surface area contributed by atoms with Crippen molar-refractivity contribution in [1.29, 1.82) is 0 Å². The first-order valence-corrected chi connectivity index (χ1v) is 4.27. The minimum absolute atomic E-state index is 0.354. The summed E-state index contributed by atoms with van der Waals surface area (Å²) in [6, 6.07) is 0. The van der Waals surface area contributed by atoms with Crippen LogP contribution in [-0.4, -0.2) is 24.4 Å². The van der Waals surface area contributed by atoms with Gasteiger partial charge in [0.05, 0.1) is 3.70 Å². The molecule has 3 nitrogen and oxygen atoms in total. The molecule has 60 valence electrons. The number of nitrogens with two attached hydrogens (primary N) is 1. The predicted molar refractivity (Wildman–Crippen MR) is 52.0 cm³/mol. The molecule has 0 spiro atoms. The molecule has 1 rings (SSSR count). The molecule has 0 fully saturated rings. The molecule has 1 aliphatic rings. The van der Waals surface area contributed by atoms with Crippen LogP contribution >= 0.6 is 22.6 Å². The molecule has 4 heteroatoms. The lowest BCUT2D eigenvalue weighted by molar-refractivity contribution is -0.114. The Bertz CT molecular complexity index is 245. The minimum Gasteiger partial charge on any atom is -0.366 e. The zero-order chi connectivity index (χ0) is 8.43. The summed E-state index contributed by atoms with van der Waals surface area (Å²) in [5.74, 6) is -0.354. The number of rotatable bonds is 1. The third-order valence-corrected chi connectivity index (χ3v) is 2.64. The van der Waals surface area contributed by atoms with E-state index >= 15 is 0 Å². The third-order valence-electron chi connectivity index (χ3n) is 1.51. The van der Waals surface area contributed by atoms with Crippen LogP contribution in [0.5, 0.6) is 0 Å². The van der Waals surface area contributed by atoms with Crippen LogP contribution in [0.2, 0.25) is 0 Å². The summed E-state index contributed by atoms with van der Waals surface area (Å²) < 4.78 is 1.04. The number of hydrogen-bond acceptors (Lipinski definition) is 2. The van der Waals surface area contributed by atoms with Crippen molar-refractivity contribution in [2.45, 2.75) is 0 Å². The van der Waals surface area contributed by atoms with E-state index in [9.17, 15) is 4.79 Å². The van der Waals surface area contributed by atoms with Crippen LogP contribution in [0.15, 0.2) is 21.4 Å². The van der Waals surface area contributed by atoms with Crippen LogP contribution in [0.4, 0.5) is 0 Å². The maximum atomic E-state index is 10.7. The number of hydrogen-bond donors (Lipinski definition) is 1. The first-order valence-electron chi connectivity index (χ1n) is 3.19. The zero-order valence-corrected chi connectivity index (χ0v) is 8.33. The van der Waals surface area contributed by atoms with Gasteiger partial charge in [0.25, 0.3) is 0 Å². The van der Waals surface area contributed by atoms with Crippen LogP contribution in [0.1, 0.15) is 0 Å². The molecular formula is C7H9IN2O. The Labute approximate surface area is 79.1 Å². The van der Waals surface area contributed by atoms with Gasteiger partial charge in [0.15, 0.2) is 0 Å². The van der Waals surface area contributed by atoms with Gasteiger partial charge < -0.3 is 10.6 Å². The summed E-state index contributed by atoms with van der Waals surface area (Å²) in [4.78, 5) is 12.7. The maximum Gasteiger partial charge on any atom is 0.248 e. The predicted octanol–water partition coefficient (Wildman–Crippen LogP) is 0.620. The molecule has 0 unspecified atom stereocenters. The van der Waals surface area contributed by atoms with Gasteiger partial charge in [-0.1, -0.05) is 6.08 Å². The quantitative estimate of drug-likeness (QED) is 0.557. The first kappa shape index (κ1) is 8.58. The smallest absolute Gasteiger partial charge is 0.248 e. The second kappa shape index (κ2) is 3.25. The molecule has 2 N–H and O–H groups in total. The number of halogens is 1. The van der Waals surface area contributed by atoms with Gasteiger partial charge in [0.2, 0.25) is 5.91 Å². The molecule has 0 saturated carbocycles. The zero-order valence-electron chi connectivity index (χ0n) is 6.17. The SMILES string of the molecule is CN1CC=C(C(N)=O)C=C1I. The number of amides is 1. The van der Waals surface area contributed by atoms with E-state index in [2.05, 4.69) is 22.6 Å². The molecule has 11 heavy (non-hydrogen) atoms. The number of carbonyl (C=O) groups excluding carboxylic acids is 1. The molecule has 0 atom stereocenters. The maximum absolute atomic E-state index is 10.7. The van der Waals surface area contributed by atoms with Gasteiger partial charge in [-0.05, 0) is 28.7 Å². The number of primary amides is 1. The van der Waals surface area contributed by atoms with Gasteiger partial charge in [-0.2, -0.15) is 0 Å². The average Bonchev–Trinajstić information content (AvgIpc) is 1.94. The molecule has 0 bridgehead atoms. The fourth-order valence-electron chi connectivity index (χ4n) is 0.792. The van der Waals surface area contributed by atoms with E-state index in [1.165, 1.54) is 0 Å². The largest absolute Gasteiger partial charge is 0.366 e. The van der Waals surface area contributed by atoms with Gasteiger partial charge in [0, 0.05) is 19.2 Å². The van der Waals surface area contributed by atoms with Crippen molar-refractivity contribution in [3.63, 3.8) is 0 Å². The molecule has 0 aromatic rings. The summed E-state index contributed by atoms with van der Waals surface area (Å²) in [5, 5.41) is 0. The fourth-order valence-corrected chi connectivity index (χ4v) is 1.32. The van der Waals surface area contributed by atoms with Gasteiger partial charge in [-0.15, -0.1) is 0 Å². The summed E-state index contributed by atoms with van der Waals surface area (Å²) in [6.45, 7) is 0.757. The molecule has 0 aromatic carbocycles. The normalized spacial score (nSPS) is 17.5. The second-order valence-corrected chi connectivity index (χ2v) is 3.48. The van der Waals surface area contributed by atoms with Crippen LogP contribution in [0.3, 0.4) is 0 Å². The topological polar surface area (TPSA) is 46.3 Å². The highest BCUT2D eigenvalue weighted by Crippen LogP contribution is 2.18. The highest BCUT2D eigenvalue weighted by atomic mass is 127. The number of likely N-dealkylation sites (N-methyl/N-ethyl adjacent to an activating group) is 1. The standard InChI is InChI=1S/C7H9IN2O/c1-10-3-2-5(7(9)11)4-6(10)8/h2,4H,3H2,1H3,(H2,9,11). The van der Waals surface area contributed by atoms with E-state index in [0.717, 1.165) is 10.2 Å². The summed E-state index contributed by atoms with van der Waals surface area (Å²) in [7, 11) is 1.96.